The third-order valence-corrected chi connectivity index (χ3v) is 6.26. The second kappa shape index (κ2) is 9.78. The highest BCUT2D eigenvalue weighted by atomic mass is 32.1. The number of aromatic nitrogens is 2. The number of halogens is 1. The van der Waals surface area contributed by atoms with E-state index in [1.54, 1.807) is 18.2 Å². The van der Waals surface area contributed by atoms with Gasteiger partial charge in [0.25, 0.3) is 5.91 Å². The molecule has 0 saturated heterocycles. The first-order valence-electron chi connectivity index (χ1n) is 10.3. The Morgan fingerprint density at radius 2 is 1.87 bits per heavy atom. The van der Waals surface area contributed by atoms with Crippen LogP contribution in [0.2, 0.25) is 0 Å². The van der Waals surface area contributed by atoms with Crippen LogP contribution in [0, 0.1) is 5.82 Å². The van der Waals surface area contributed by atoms with E-state index in [9.17, 15) is 14.0 Å². The van der Waals surface area contributed by atoms with Crippen LogP contribution < -0.4 is 10.2 Å². The van der Waals surface area contributed by atoms with E-state index in [0.717, 1.165) is 25.7 Å². The minimum absolute atomic E-state index is 0.0704. The lowest BCUT2D eigenvalue weighted by Crippen LogP contribution is -2.47. The molecule has 0 aliphatic heterocycles. The summed E-state index contributed by atoms with van der Waals surface area (Å²) in [5, 5.41) is 5.56. The summed E-state index contributed by atoms with van der Waals surface area (Å²) in [5.41, 5.74) is 0.661. The number of nitrogens with zero attached hydrogens (tertiary/aromatic N) is 3. The number of benzene rings is 1. The minimum Gasteiger partial charge on any atom is -0.351 e. The van der Waals surface area contributed by atoms with Gasteiger partial charge in [-0.3, -0.25) is 19.5 Å². The predicted molar refractivity (Wildman–Crippen MR) is 117 cm³/mol. The molecule has 1 N–H and O–H groups in total. The number of rotatable bonds is 6. The zero-order valence-electron chi connectivity index (χ0n) is 16.9. The van der Waals surface area contributed by atoms with E-state index in [2.05, 4.69) is 15.3 Å². The standard InChI is InChI=1S/C23H23FN4O2S/c24-17-10-8-16(9-11-17)21(22(29)27-18-5-2-1-3-6-18)28(20-7-4-14-31-20)23(30)19-15-25-12-13-26-19/h4,7-15,18,21H,1-3,5-6H2,(H,27,29)/t21-/m0/s1. The summed E-state index contributed by atoms with van der Waals surface area (Å²) >= 11 is 1.35. The number of carbonyl (C=O) groups excluding carboxylic acids is 2. The zero-order valence-corrected chi connectivity index (χ0v) is 17.7. The first-order valence-corrected chi connectivity index (χ1v) is 11.2. The molecule has 2 aromatic heterocycles. The Bertz CT molecular complexity index is 1010. The van der Waals surface area contributed by atoms with Crippen LogP contribution in [-0.2, 0) is 4.79 Å². The maximum atomic E-state index is 13.6. The van der Waals surface area contributed by atoms with Crippen molar-refractivity contribution in [3.8, 4) is 0 Å². The summed E-state index contributed by atoms with van der Waals surface area (Å²) in [7, 11) is 0. The Morgan fingerprint density at radius 1 is 1.10 bits per heavy atom. The molecule has 4 rings (SSSR count). The second-order valence-electron chi connectivity index (χ2n) is 7.51. The monoisotopic (exact) mass is 438 g/mol. The quantitative estimate of drug-likeness (QED) is 0.614. The van der Waals surface area contributed by atoms with E-state index >= 15 is 0 Å². The molecule has 2 amide bonds. The van der Waals surface area contributed by atoms with Crippen molar-refractivity contribution in [2.45, 2.75) is 44.2 Å². The van der Waals surface area contributed by atoms with Crippen molar-refractivity contribution < 1.29 is 14.0 Å². The molecule has 0 spiro atoms. The number of thiophene rings is 1. The van der Waals surface area contributed by atoms with Crippen LogP contribution in [0.4, 0.5) is 9.39 Å². The number of amides is 2. The molecule has 6 nitrogen and oxygen atoms in total. The number of hydrogen-bond acceptors (Lipinski definition) is 5. The maximum Gasteiger partial charge on any atom is 0.280 e. The van der Waals surface area contributed by atoms with E-state index in [4.69, 9.17) is 0 Å². The Labute approximate surface area is 184 Å². The highest BCUT2D eigenvalue weighted by molar-refractivity contribution is 7.14. The van der Waals surface area contributed by atoms with Gasteiger partial charge in [0.15, 0.2) is 0 Å². The number of hydrogen-bond donors (Lipinski definition) is 1. The molecule has 31 heavy (non-hydrogen) atoms. The first-order chi connectivity index (χ1) is 15.1. The SMILES string of the molecule is O=C(NC1CCCCC1)[C@H](c1ccc(F)cc1)N(C(=O)c1cnccn1)c1cccs1. The summed E-state index contributed by atoms with van der Waals surface area (Å²) in [4.78, 5) is 36.6. The van der Waals surface area contributed by atoms with Crippen LogP contribution >= 0.6 is 11.3 Å². The van der Waals surface area contributed by atoms with Gasteiger partial charge in [0.1, 0.15) is 17.6 Å². The van der Waals surface area contributed by atoms with Gasteiger partial charge in [-0.1, -0.05) is 31.4 Å². The Hall–Kier alpha value is -3.13. The average Bonchev–Trinajstić information content (AvgIpc) is 3.33. The number of anilines is 1. The molecular formula is C23H23FN4O2S. The molecule has 2 heterocycles. The average molecular weight is 439 g/mol. The normalized spacial score (nSPS) is 15.3. The van der Waals surface area contributed by atoms with Crippen molar-refractivity contribution in [1.29, 1.82) is 0 Å². The smallest absolute Gasteiger partial charge is 0.280 e. The van der Waals surface area contributed by atoms with Crippen LogP contribution in [0.25, 0.3) is 0 Å². The molecule has 1 fully saturated rings. The summed E-state index contributed by atoms with van der Waals surface area (Å²) < 4.78 is 13.6. The van der Waals surface area contributed by atoms with Crippen molar-refractivity contribution >= 4 is 28.2 Å². The lowest BCUT2D eigenvalue weighted by Gasteiger charge is -2.32. The van der Waals surface area contributed by atoms with E-state index in [1.807, 2.05) is 11.4 Å². The molecule has 0 unspecified atom stereocenters. The van der Waals surface area contributed by atoms with Gasteiger partial charge in [0.05, 0.1) is 11.2 Å². The van der Waals surface area contributed by atoms with Crippen LogP contribution in [0.15, 0.2) is 60.4 Å². The molecule has 0 bridgehead atoms. The largest absolute Gasteiger partial charge is 0.351 e. The molecule has 8 heteroatoms. The van der Waals surface area contributed by atoms with Gasteiger partial charge in [-0.25, -0.2) is 9.37 Å². The Morgan fingerprint density at radius 3 is 2.52 bits per heavy atom. The zero-order chi connectivity index (χ0) is 21.6. The topological polar surface area (TPSA) is 75.2 Å². The summed E-state index contributed by atoms with van der Waals surface area (Å²) in [5.74, 6) is -1.13. The van der Waals surface area contributed by atoms with Crippen molar-refractivity contribution in [1.82, 2.24) is 15.3 Å². The highest BCUT2D eigenvalue weighted by Gasteiger charge is 2.35. The van der Waals surface area contributed by atoms with Gasteiger partial charge >= 0.3 is 0 Å². The van der Waals surface area contributed by atoms with Crippen LogP contribution in [-0.4, -0.2) is 27.8 Å². The minimum atomic E-state index is -0.962. The molecular weight excluding hydrogens is 415 g/mol. The molecule has 1 atom stereocenters. The number of nitrogens with one attached hydrogen (secondary N) is 1. The third-order valence-electron chi connectivity index (χ3n) is 5.39. The second-order valence-corrected chi connectivity index (χ2v) is 8.44. The highest BCUT2D eigenvalue weighted by Crippen LogP contribution is 2.33. The van der Waals surface area contributed by atoms with Gasteiger partial charge in [0, 0.05) is 18.4 Å². The van der Waals surface area contributed by atoms with Crippen LogP contribution in [0.1, 0.15) is 54.2 Å². The molecule has 1 aromatic carbocycles. The number of carbonyl (C=O) groups is 2. The lowest BCUT2D eigenvalue weighted by atomic mass is 9.94. The summed E-state index contributed by atoms with van der Waals surface area (Å²) in [6.07, 6.45) is 9.44. The molecule has 160 valence electrons. The molecule has 1 aliphatic rings. The molecule has 1 aliphatic carbocycles. The van der Waals surface area contributed by atoms with Gasteiger partial charge in [-0.15, -0.1) is 11.3 Å². The lowest BCUT2D eigenvalue weighted by molar-refractivity contribution is -0.123. The van der Waals surface area contributed by atoms with Crippen LogP contribution in [0.5, 0.6) is 0 Å². The van der Waals surface area contributed by atoms with Crippen molar-refractivity contribution in [2.24, 2.45) is 0 Å². The maximum absolute atomic E-state index is 13.6. The van der Waals surface area contributed by atoms with E-state index < -0.39 is 17.8 Å². The van der Waals surface area contributed by atoms with Crippen molar-refractivity contribution in [3.63, 3.8) is 0 Å². The van der Waals surface area contributed by atoms with Gasteiger partial charge < -0.3 is 5.32 Å². The summed E-state index contributed by atoms with van der Waals surface area (Å²) in [6, 6.07) is 8.40. The fourth-order valence-corrected chi connectivity index (χ4v) is 4.63. The predicted octanol–water partition coefficient (Wildman–Crippen LogP) is 4.51. The molecule has 0 radical (unpaired) electrons. The van der Waals surface area contributed by atoms with Gasteiger partial charge in [-0.2, -0.15) is 0 Å². The van der Waals surface area contributed by atoms with Gasteiger partial charge in [0.2, 0.25) is 5.91 Å². The van der Waals surface area contributed by atoms with E-state index in [0.29, 0.717) is 10.6 Å². The Balaban J connectivity index is 1.75. The molecule has 3 aromatic rings. The van der Waals surface area contributed by atoms with E-state index in [1.165, 1.54) is 53.4 Å². The van der Waals surface area contributed by atoms with Crippen molar-refractivity contribution in [2.75, 3.05) is 4.90 Å². The first kappa shape index (κ1) is 21.1. The van der Waals surface area contributed by atoms with Crippen molar-refractivity contribution in [3.05, 3.63) is 77.4 Å². The van der Waals surface area contributed by atoms with Crippen LogP contribution in [0.3, 0.4) is 0 Å². The fourth-order valence-electron chi connectivity index (χ4n) is 3.87. The van der Waals surface area contributed by atoms with Gasteiger partial charge in [-0.05, 0) is 48.1 Å². The molecule has 1 saturated carbocycles. The van der Waals surface area contributed by atoms with E-state index in [-0.39, 0.29) is 17.6 Å². The third kappa shape index (κ3) is 4.96. The Kier molecular flexibility index (Phi) is 6.66. The fraction of sp³-hybridized carbons (Fsp3) is 0.304. The summed E-state index contributed by atoms with van der Waals surface area (Å²) in [6.45, 7) is 0.